The lowest BCUT2D eigenvalue weighted by molar-refractivity contribution is -0.0511. The summed E-state index contributed by atoms with van der Waals surface area (Å²) in [7, 11) is -3.68. The Bertz CT molecular complexity index is 1730. The SMILES string of the molecule is CC(C)N(CCS(=O)(=O)NCc1nc(NCC(c2ccccc2)c2ccccc2)c2ncn([C@@H]3O[C@H](CO)[C@@H](O)[C@H]3O)c2n1)C1CCCC1. The number of rotatable bonds is 15. The maximum Gasteiger partial charge on any atom is 0.213 e. The molecule has 2 aromatic heterocycles. The van der Waals surface area contributed by atoms with Crippen LogP contribution in [0.2, 0.25) is 0 Å². The summed E-state index contributed by atoms with van der Waals surface area (Å²) in [4.78, 5) is 16.2. The average molecular weight is 694 g/mol. The summed E-state index contributed by atoms with van der Waals surface area (Å²) in [5.41, 5.74) is 2.87. The summed E-state index contributed by atoms with van der Waals surface area (Å²) in [5.74, 6) is 0.486. The van der Waals surface area contributed by atoms with Crippen molar-refractivity contribution in [1.29, 1.82) is 0 Å². The number of aliphatic hydroxyl groups excluding tert-OH is 3. The molecule has 3 heterocycles. The number of nitrogens with one attached hydrogen (secondary N) is 2. The zero-order valence-corrected chi connectivity index (χ0v) is 28.8. The van der Waals surface area contributed by atoms with Crippen molar-refractivity contribution in [3.05, 3.63) is 83.9 Å². The number of imidazole rings is 1. The fraction of sp³-hybridized carbons (Fsp3) is 0.514. The van der Waals surface area contributed by atoms with E-state index in [1.165, 1.54) is 23.7 Å². The van der Waals surface area contributed by atoms with E-state index in [-0.39, 0.29) is 35.7 Å². The normalized spacial score (nSPS) is 21.9. The number of hydrogen-bond acceptors (Lipinski definition) is 11. The highest BCUT2D eigenvalue weighted by Gasteiger charge is 2.44. The lowest BCUT2D eigenvalue weighted by Crippen LogP contribution is -2.43. The molecule has 14 heteroatoms. The number of nitrogens with zero attached hydrogens (tertiary/aromatic N) is 5. The lowest BCUT2D eigenvalue weighted by atomic mass is 9.91. The van der Waals surface area contributed by atoms with Crippen LogP contribution in [0, 0.1) is 0 Å². The van der Waals surface area contributed by atoms with Crippen LogP contribution in [0.5, 0.6) is 0 Å². The van der Waals surface area contributed by atoms with Crippen molar-refractivity contribution in [2.24, 2.45) is 0 Å². The van der Waals surface area contributed by atoms with Crippen LogP contribution >= 0.6 is 0 Å². The summed E-state index contributed by atoms with van der Waals surface area (Å²) in [6.45, 7) is 4.44. The highest BCUT2D eigenvalue weighted by molar-refractivity contribution is 7.89. The highest BCUT2D eigenvalue weighted by atomic mass is 32.2. The van der Waals surface area contributed by atoms with Crippen LogP contribution in [0.1, 0.15) is 68.6 Å². The Kier molecular flexibility index (Phi) is 11.2. The first kappa shape index (κ1) is 35.3. The minimum Gasteiger partial charge on any atom is -0.394 e. The Hall–Kier alpha value is -3.50. The Labute approximate surface area is 287 Å². The molecule has 2 aromatic carbocycles. The number of hydrogen-bond donors (Lipinski definition) is 5. The van der Waals surface area contributed by atoms with Gasteiger partial charge in [-0.2, -0.15) is 0 Å². The van der Waals surface area contributed by atoms with E-state index in [1.807, 2.05) is 36.4 Å². The fourth-order valence-electron chi connectivity index (χ4n) is 7.03. The van der Waals surface area contributed by atoms with E-state index in [0.717, 1.165) is 24.0 Å². The Morgan fingerprint density at radius 3 is 2.22 bits per heavy atom. The summed E-state index contributed by atoms with van der Waals surface area (Å²) < 4.78 is 36.5. The molecule has 4 aromatic rings. The van der Waals surface area contributed by atoms with E-state index in [9.17, 15) is 23.7 Å². The van der Waals surface area contributed by atoms with Crippen LogP contribution < -0.4 is 10.0 Å². The van der Waals surface area contributed by atoms with Gasteiger partial charge in [0.2, 0.25) is 10.0 Å². The van der Waals surface area contributed by atoms with E-state index in [2.05, 4.69) is 63.0 Å². The molecule has 13 nitrogen and oxygen atoms in total. The van der Waals surface area contributed by atoms with Crippen molar-refractivity contribution in [3.8, 4) is 0 Å². The van der Waals surface area contributed by atoms with E-state index in [4.69, 9.17) is 9.72 Å². The van der Waals surface area contributed by atoms with Crippen molar-refractivity contribution < 1.29 is 28.5 Å². The molecule has 1 saturated carbocycles. The standard InChI is InChI=1S/C35H47N7O6S/c1-23(2)41(26-15-9-10-16-26)17-18-49(46,47)38-20-29-39-33(36-19-27(24-11-5-3-6-12-24)25-13-7-4-8-14-25)30-34(40-29)42(22-37-30)35-32(45)31(44)28(21-43)48-35/h3-8,11-14,22-23,26-28,31-32,35,38,43-45H,9-10,15-21H2,1-2H3,(H,36,39,40)/t28-,31-,32-,35-/m1/s1. The van der Waals surface area contributed by atoms with Crippen LogP contribution in [-0.2, 0) is 21.3 Å². The van der Waals surface area contributed by atoms with Gasteiger partial charge >= 0.3 is 0 Å². The topological polar surface area (TPSA) is 175 Å². The van der Waals surface area contributed by atoms with Crippen LogP contribution in [0.4, 0.5) is 5.82 Å². The lowest BCUT2D eigenvalue weighted by Gasteiger charge is -2.32. The summed E-state index contributed by atoms with van der Waals surface area (Å²) in [5, 5.41) is 34.4. The molecular formula is C35H47N7O6S. The van der Waals surface area contributed by atoms with Crippen molar-refractivity contribution in [2.75, 3.05) is 30.8 Å². The first-order valence-electron chi connectivity index (χ1n) is 17.1. The molecule has 1 aliphatic heterocycles. The minimum absolute atomic E-state index is 0.0410. The van der Waals surface area contributed by atoms with E-state index < -0.39 is 41.2 Å². The van der Waals surface area contributed by atoms with E-state index >= 15 is 0 Å². The fourth-order valence-corrected chi connectivity index (χ4v) is 7.97. The van der Waals surface area contributed by atoms with Crippen LogP contribution in [0.25, 0.3) is 11.2 Å². The number of anilines is 1. The monoisotopic (exact) mass is 693 g/mol. The molecule has 0 spiro atoms. The maximum absolute atomic E-state index is 13.3. The van der Waals surface area contributed by atoms with Crippen molar-refractivity contribution in [1.82, 2.24) is 29.1 Å². The van der Waals surface area contributed by atoms with Gasteiger partial charge in [0.15, 0.2) is 23.2 Å². The van der Waals surface area contributed by atoms with Crippen LogP contribution in [0.15, 0.2) is 67.0 Å². The number of aromatic nitrogens is 4. The van der Waals surface area contributed by atoms with Gasteiger partial charge in [0.25, 0.3) is 0 Å². The molecular weight excluding hydrogens is 646 g/mol. The molecule has 4 atom stereocenters. The molecule has 1 saturated heterocycles. The molecule has 264 valence electrons. The van der Waals surface area contributed by atoms with Gasteiger partial charge in [0, 0.05) is 31.1 Å². The Balaban J connectivity index is 1.28. The molecule has 5 N–H and O–H groups in total. The number of benzene rings is 2. The summed E-state index contributed by atoms with van der Waals surface area (Å²) in [6.07, 6.45) is 1.23. The van der Waals surface area contributed by atoms with Crippen LogP contribution in [0.3, 0.4) is 0 Å². The predicted octanol–water partition coefficient (Wildman–Crippen LogP) is 2.75. The summed E-state index contributed by atoms with van der Waals surface area (Å²) in [6, 6.07) is 20.8. The molecule has 0 radical (unpaired) electrons. The highest BCUT2D eigenvalue weighted by Crippen LogP contribution is 2.33. The first-order valence-corrected chi connectivity index (χ1v) is 18.7. The minimum atomic E-state index is -3.68. The van der Waals surface area contributed by atoms with Gasteiger partial charge in [-0.3, -0.25) is 9.47 Å². The number of fused-ring (bicyclic) bond motifs is 1. The van der Waals surface area contributed by atoms with Gasteiger partial charge < -0.3 is 25.4 Å². The summed E-state index contributed by atoms with van der Waals surface area (Å²) >= 11 is 0. The molecule has 6 rings (SSSR count). The number of ether oxygens (including phenoxy) is 1. The zero-order chi connectivity index (χ0) is 34.5. The van der Waals surface area contributed by atoms with Gasteiger partial charge in [-0.15, -0.1) is 0 Å². The van der Waals surface area contributed by atoms with Crippen molar-refractivity contribution in [2.45, 2.75) is 88.6 Å². The smallest absolute Gasteiger partial charge is 0.213 e. The Morgan fingerprint density at radius 1 is 0.980 bits per heavy atom. The molecule has 0 unspecified atom stereocenters. The average Bonchev–Trinajstić information content (AvgIpc) is 3.85. The molecule has 2 fully saturated rings. The van der Waals surface area contributed by atoms with Gasteiger partial charge in [-0.1, -0.05) is 73.5 Å². The number of aliphatic hydroxyl groups is 3. The van der Waals surface area contributed by atoms with Gasteiger partial charge in [0.05, 0.1) is 25.2 Å². The van der Waals surface area contributed by atoms with Gasteiger partial charge in [-0.05, 0) is 37.8 Å². The van der Waals surface area contributed by atoms with E-state index in [0.29, 0.717) is 30.5 Å². The van der Waals surface area contributed by atoms with Gasteiger partial charge in [0.1, 0.15) is 24.1 Å². The molecule has 0 bridgehead atoms. The third-order valence-corrected chi connectivity index (χ3v) is 11.0. The van der Waals surface area contributed by atoms with Crippen LogP contribution in [-0.4, -0.2) is 104 Å². The second-order valence-corrected chi connectivity index (χ2v) is 15.1. The molecule has 1 aliphatic carbocycles. The third-order valence-electron chi connectivity index (χ3n) is 9.66. The van der Waals surface area contributed by atoms with E-state index in [1.54, 1.807) is 0 Å². The van der Waals surface area contributed by atoms with Crippen molar-refractivity contribution in [3.63, 3.8) is 0 Å². The zero-order valence-electron chi connectivity index (χ0n) is 28.0. The maximum atomic E-state index is 13.3. The quantitative estimate of drug-likeness (QED) is 0.124. The Morgan fingerprint density at radius 2 is 1.63 bits per heavy atom. The molecule has 0 amide bonds. The number of sulfonamides is 1. The van der Waals surface area contributed by atoms with Gasteiger partial charge in [-0.25, -0.2) is 28.1 Å². The predicted molar refractivity (Wildman–Crippen MR) is 186 cm³/mol. The van der Waals surface area contributed by atoms with Crippen molar-refractivity contribution >= 4 is 27.0 Å². The first-order chi connectivity index (χ1) is 23.6. The second kappa shape index (κ2) is 15.6. The molecule has 2 aliphatic rings. The molecule has 49 heavy (non-hydrogen) atoms. The largest absolute Gasteiger partial charge is 0.394 e. The third kappa shape index (κ3) is 8.12. The second-order valence-electron chi connectivity index (χ2n) is 13.2.